The Morgan fingerprint density at radius 1 is 1.50 bits per heavy atom. The quantitative estimate of drug-likeness (QED) is 0.594. The number of aryl methyl sites for hydroxylation is 1. The maximum absolute atomic E-state index is 11.6. The summed E-state index contributed by atoms with van der Waals surface area (Å²) in [6.45, 7) is 4.93. The summed E-state index contributed by atoms with van der Waals surface area (Å²) in [6.07, 6.45) is 3.35. The fourth-order valence-corrected chi connectivity index (χ4v) is 2.07. The van der Waals surface area contributed by atoms with Crippen molar-refractivity contribution in [2.24, 2.45) is 0 Å². The highest BCUT2D eigenvalue weighted by Crippen LogP contribution is 2.33. The smallest absolute Gasteiger partial charge is 0.331 e. The van der Waals surface area contributed by atoms with Gasteiger partial charge in [-0.3, -0.25) is 0 Å². The average Bonchev–Trinajstić information content (AvgIpc) is 2.52. The van der Waals surface area contributed by atoms with Crippen molar-refractivity contribution in [2.75, 3.05) is 13.2 Å². The van der Waals surface area contributed by atoms with Crippen LogP contribution in [0, 0.1) is 6.92 Å². The van der Waals surface area contributed by atoms with Gasteiger partial charge in [-0.15, -0.1) is 0 Å². The molecule has 2 rings (SSSR count). The van der Waals surface area contributed by atoms with Crippen molar-refractivity contribution in [3.63, 3.8) is 0 Å². The number of allylic oxidation sites excluding steroid dienone is 1. The van der Waals surface area contributed by atoms with Gasteiger partial charge in [-0.05, 0) is 43.9 Å². The highest BCUT2D eigenvalue weighted by molar-refractivity contribution is 5.92. The van der Waals surface area contributed by atoms with E-state index in [9.17, 15) is 4.79 Å². The zero-order chi connectivity index (χ0) is 13.0. The molecule has 0 aromatic heterocycles. The van der Waals surface area contributed by atoms with Crippen LogP contribution < -0.4 is 4.74 Å². The van der Waals surface area contributed by atoms with E-state index in [0.717, 1.165) is 35.3 Å². The predicted octanol–water partition coefficient (Wildman–Crippen LogP) is 3.11. The van der Waals surface area contributed by atoms with E-state index < -0.39 is 0 Å². The van der Waals surface area contributed by atoms with Crippen LogP contribution in [0.15, 0.2) is 24.3 Å². The zero-order valence-electron chi connectivity index (χ0n) is 10.9. The van der Waals surface area contributed by atoms with Crippen LogP contribution in [0.2, 0.25) is 0 Å². The molecular formula is C15H18O3. The average molecular weight is 246 g/mol. The number of hydrogen-bond donors (Lipinski definition) is 0. The summed E-state index contributed by atoms with van der Waals surface area (Å²) in [5.74, 6) is 0.587. The molecule has 0 spiro atoms. The summed E-state index contributed by atoms with van der Waals surface area (Å²) in [7, 11) is 0. The van der Waals surface area contributed by atoms with Crippen LogP contribution in [-0.2, 0) is 9.53 Å². The summed E-state index contributed by atoms with van der Waals surface area (Å²) in [4.78, 5) is 11.6. The van der Waals surface area contributed by atoms with Gasteiger partial charge in [-0.1, -0.05) is 12.1 Å². The molecule has 0 amide bonds. The van der Waals surface area contributed by atoms with Crippen LogP contribution in [0.5, 0.6) is 5.75 Å². The lowest BCUT2D eigenvalue weighted by atomic mass is 9.99. The Hall–Kier alpha value is -1.77. The minimum Gasteiger partial charge on any atom is -0.493 e. The Balaban J connectivity index is 2.35. The molecule has 3 nitrogen and oxygen atoms in total. The minimum absolute atomic E-state index is 0.277. The number of carbonyl (C=O) groups is 1. The monoisotopic (exact) mass is 246 g/mol. The van der Waals surface area contributed by atoms with Crippen molar-refractivity contribution in [3.8, 4) is 5.75 Å². The van der Waals surface area contributed by atoms with Crippen molar-refractivity contribution >= 4 is 11.5 Å². The van der Waals surface area contributed by atoms with Gasteiger partial charge in [-0.2, -0.15) is 0 Å². The van der Waals surface area contributed by atoms with Crippen molar-refractivity contribution < 1.29 is 14.3 Å². The van der Waals surface area contributed by atoms with Gasteiger partial charge < -0.3 is 9.47 Å². The molecule has 1 heterocycles. The molecule has 1 aliphatic heterocycles. The van der Waals surface area contributed by atoms with Crippen LogP contribution in [0.4, 0.5) is 0 Å². The third-order valence-corrected chi connectivity index (χ3v) is 2.91. The second kappa shape index (κ2) is 5.71. The van der Waals surface area contributed by atoms with Gasteiger partial charge in [-0.25, -0.2) is 4.79 Å². The van der Waals surface area contributed by atoms with Gasteiger partial charge in [0.1, 0.15) is 5.75 Å². The molecule has 0 saturated carbocycles. The number of rotatable bonds is 2. The van der Waals surface area contributed by atoms with Crippen LogP contribution in [0.1, 0.15) is 30.9 Å². The van der Waals surface area contributed by atoms with Crippen molar-refractivity contribution in [3.05, 3.63) is 35.4 Å². The first kappa shape index (κ1) is 12.7. The third-order valence-electron chi connectivity index (χ3n) is 2.91. The Labute approximate surface area is 107 Å². The van der Waals surface area contributed by atoms with E-state index >= 15 is 0 Å². The number of hydrogen-bond acceptors (Lipinski definition) is 3. The lowest BCUT2D eigenvalue weighted by molar-refractivity contribution is -0.137. The van der Waals surface area contributed by atoms with Gasteiger partial charge in [0.2, 0.25) is 0 Å². The van der Waals surface area contributed by atoms with Crippen LogP contribution >= 0.6 is 0 Å². The van der Waals surface area contributed by atoms with Crippen LogP contribution in [0.25, 0.3) is 5.57 Å². The summed E-state index contributed by atoms with van der Waals surface area (Å²) in [6, 6.07) is 6.06. The van der Waals surface area contributed by atoms with Crippen molar-refractivity contribution in [1.29, 1.82) is 0 Å². The summed E-state index contributed by atoms with van der Waals surface area (Å²) < 4.78 is 10.7. The third kappa shape index (κ3) is 2.92. The number of ether oxygens (including phenoxy) is 2. The highest BCUT2D eigenvalue weighted by Gasteiger charge is 2.15. The molecular weight excluding hydrogens is 228 g/mol. The molecule has 96 valence electrons. The minimum atomic E-state index is -0.277. The Kier molecular flexibility index (Phi) is 4.03. The Bertz CT molecular complexity index is 475. The highest BCUT2D eigenvalue weighted by atomic mass is 16.5. The van der Waals surface area contributed by atoms with Crippen LogP contribution in [-0.4, -0.2) is 19.2 Å². The summed E-state index contributed by atoms with van der Waals surface area (Å²) in [5.41, 5.74) is 3.17. The molecule has 1 aromatic carbocycles. The Morgan fingerprint density at radius 2 is 2.33 bits per heavy atom. The topological polar surface area (TPSA) is 35.5 Å². The first-order valence-corrected chi connectivity index (χ1v) is 6.32. The second-order valence-corrected chi connectivity index (χ2v) is 4.37. The van der Waals surface area contributed by atoms with E-state index in [4.69, 9.17) is 9.47 Å². The number of fused-ring (bicyclic) bond motifs is 1. The second-order valence-electron chi connectivity index (χ2n) is 4.37. The Morgan fingerprint density at radius 3 is 3.11 bits per heavy atom. The molecule has 1 aromatic rings. The number of benzene rings is 1. The van der Waals surface area contributed by atoms with E-state index in [1.54, 1.807) is 6.08 Å². The number of esters is 1. The van der Waals surface area contributed by atoms with E-state index in [0.29, 0.717) is 13.2 Å². The van der Waals surface area contributed by atoms with E-state index in [1.807, 2.05) is 32.0 Å². The molecule has 0 saturated heterocycles. The maximum atomic E-state index is 11.6. The lowest BCUT2D eigenvalue weighted by Gasteiger charge is -2.09. The van der Waals surface area contributed by atoms with Crippen LogP contribution in [0.3, 0.4) is 0 Å². The molecule has 0 fully saturated rings. The molecule has 18 heavy (non-hydrogen) atoms. The molecule has 0 N–H and O–H groups in total. The van der Waals surface area contributed by atoms with E-state index in [2.05, 4.69) is 0 Å². The predicted molar refractivity (Wildman–Crippen MR) is 70.5 cm³/mol. The molecule has 0 radical (unpaired) electrons. The molecule has 0 aliphatic carbocycles. The summed E-state index contributed by atoms with van der Waals surface area (Å²) in [5, 5.41) is 0. The maximum Gasteiger partial charge on any atom is 0.331 e. The fraction of sp³-hybridized carbons (Fsp3) is 0.400. The SMILES string of the molecule is CCOC(=O)/C=C1\CCCOc2cc(C)ccc21. The molecule has 0 atom stereocenters. The largest absolute Gasteiger partial charge is 0.493 e. The van der Waals surface area contributed by atoms with Gasteiger partial charge in [0, 0.05) is 11.6 Å². The van der Waals surface area contributed by atoms with Gasteiger partial charge in [0.15, 0.2) is 0 Å². The van der Waals surface area contributed by atoms with Crippen molar-refractivity contribution in [1.82, 2.24) is 0 Å². The first-order valence-electron chi connectivity index (χ1n) is 6.32. The van der Waals surface area contributed by atoms with Gasteiger partial charge >= 0.3 is 5.97 Å². The lowest BCUT2D eigenvalue weighted by Crippen LogP contribution is -2.01. The first-order chi connectivity index (χ1) is 8.70. The normalized spacial score (nSPS) is 16.7. The van der Waals surface area contributed by atoms with E-state index in [-0.39, 0.29) is 5.97 Å². The zero-order valence-corrected chi connectivity index (χ0v) is 10.9. The molecule has 0 bridgehead atoms. The van der Waals surface area contributed by atoms with Crippen molar-refractivity contribution in [2.45, 2.75) is 26.7 Å². The summed E-state index contributed by atoms with van der Waals surface area (Å²) >= 11 is 0. The molecule has 1 aliphatic rings. The standard InChI is InChI=1S/C15H18O3/c1-3-17-15(16)10-12-5-4-8-18-14-9-11(2)6-7-13(12)14/h6-7,9-10H,3-5,8H2,1-2H3/b12-10+. The molecule has 0 unspecified atom stereocenters. The number of carbonyl (C=O) groups excluding carboxylic acids is 1. The van der Waals surface area contributed by atoms with Gasteiger partial charge in [0.25, 0.3) is 0 Å². The fourth-order valence-electron chi connectivity index (χ4n) is 2.07. The molecule has 3 heteroatoms. The van der Waals surface area contributed by atoms with Gasteiger partial charge in [0.05, 0.1) is 13.2 Å². The van der Waals surface area contributed by atoms with E-state index in [1.165, 1.54) is 0 Å².